The van der Waals surface area contributed by atoms with E-state index in [1.165, 1.54) is 11.0 Å². The van der Waals surface area contributed by atoms with Gasteiger partial charge in [-0.05, 0) is 24.8 Å². The minimum Gasteiger partial charge on any atom is -0.481 e. The van der Waals surface area contributed by atoms with E-state index >= 15 is 0 Å². The first-order chi connectivity index (χ1) is 11.3. The number of hydrogen-bond acceptors (Lipinski definition) is 4. The van der Waals surface area contributed by atoms with Gasteiger partial charge in [-0.1, -0.05) is 13.8 Å². The summed E-state index contributed by atoms with van der Waals surface area (Å²) in [6.07, 6.45) is 0.829. The Balaban J connectivity index is 2.27. The molecule has 2 rings (SSSR count). The molecule has 1 aromatic heterocycles. The molecule has 7 nitrogen and oxygen atoms in total. The van der Waals surface area contributed by atoms with Crippen LogP contribution in [-0.4, -0.2) is 52.7 Å². The molecule has 1 aliphatic rings. The second-order valence-electron chi connectivity index (χ2n) is 6.66. The zero-order chi connectivity index (χ0) is 17.9. The lowest BCUT2D eigenvalue weighted by atomic mass is 10.1. The quantitative estimate of drug-likeness (QED) is 0.815. The molecule has 0 aliphatic carbocycles. The number of amides is 1. The molecule has 132 valence electrons. The summed E-state index contributed by atoms with van der Waals surface area (Å²) < 4.78 is 5.28. The number of pyridine rings is 1. The molecule has 7 heteroatoms. The topological polar surface area (TPSA) is 99.7 Å². The lowest BCUT2D eigenvalue weighted by Gasteiger charge is -2.23. The molecule has 0 radical (unpaired) electrons. The van der Waals surface area contributed by atoms with Crippen LogP contribution in [0.25, 0.3) is 0 Å². The van der Waals surface area contributed by atoms with Crippen LogP contribution in [0.4, 0.5) is 0 Å². The Morgan fingerprint density at radius 2 is 2.12 bits per heavy atom. The number of nitrogens with zero attached hydrogens (tertiary/aromatic N) is 1. The molecular formula is C17H24N2O5. The SMILES string of the molecule is COC1CC(CC(=O)O)N(C(=O)c2cc(CC(C)C)[nH]c(=O)c2)C1. The molecular weight excluding hydrogens is 312 g/mol. The van der Waals surface area contributed by atoms with Crippen molar-refractivity contribution in [2.45, 2.75) is 45.3 Å². The summed E-state index contributed by atoms with van der Waals surface area (Å²) in [5, 5.41) is 9.06. The van der Waals surface area contributed by atoms with Gasteiger partial charge in [-0.2, -0.15) is 0 Å². The predicted octanol–water partition coefficient (Wildman–Crippen LogP) is 1.28. The number of nitrogens with one attached hydrogen (secondary N) is 1. The summed E-state index contributed by atoms with van der Waals surface area (Å²) in [6, 6.07) is 2.53. The molecule has 1 amide bonds. The van der Waals surface area contributed by atoms with E-state index in [1.807, 2.05) is 13.8 Å². The Kier molecular flexibility index (Phi) is 5.77. The van der Waals surface area contributed by atoms with E-state index in [9.17, 15) is 14.4 Å². The zero-order valence-corrected chi connectivity index (χ0v) is 14.2. The number of methoxy groups -OCH3 is 1. The number of rotatable bonds is 6. The third-order valence-electron chi connectivity index (χ3n) is 4.16. The standard InChI is InChI=1S/C17H24N2O5/c1-10(2)4-12-5-11(6-15(20)18-12)17(23)19-9-14(24-3)7-13(19)8-16(21)22/h5-6,10,13-14H,4,7-9H2,1-3H3,(H,18,20)(H,21,22). The molecule has 24 heavy (non-hydrogen) atoms. The van der Waals surface area contributed by atoms with Gasteiger partial charge < -0.3 is 19.7 Å². The van der Waals surface area contributed by atoms with Crippen molar-refractivity contribution in [1.29, 1.82) is 0 Å². The van der Waals surface area contributed by atoms with E-state index in [1.54, 1.807) is 13.2 Å². The van der Waals surface area contributed by atoms with Gasteiger partial charge in [0, 0.05) is 37.0 Å². The van der Waals surface area contributed by atoms with Crippen LogP contribution in [0, 0.1) is 5.92 Å². The van der Waals surface area contributed by atoms with Crippen LogP contribution in [0.1, 0.15) is 42.7 Å². The van der Waals surface area contributed by atoms with Crippen LogP contribution >= 0.6 is 0 Å². The van der Waals surface area contributed by atoms with Gasteiger partial charge in [0.15, 0.2) is 0 Å². The fourth-order valence-corrected chi connectivity index (χ4v) is 3.13. The van der Waals surface area contributed by atoms with Crippen molar-refractivity contribution in [1.82, 2.24) is 9.88 Å². The maximum atomic E-state index is 12.8. The second kappa shape index (κ2) is 7.61. The van der Waals surface area contributed by atoms with E-state index in [0.29, 0.717) is 36.6 Å². The van der Waals surface area contributed by atoms with Gasteiger partial charge in [-0.3, -0.25) is 14.4 Å². The van der Waals surface area contributed by atoms with Crippen molar-refractivity contribution >= 4 is 11.9 Å². The number of carboxylic acid groups (broad SMARTS) is 1. The monoisotopic (exact) mass is 336 g/mol. The molecule has 1 aliphatic heterocycles. The first-order valence-corrected chi connectivity index (χ1v) is 8.09. The Morgan fingerprint density at radius 1 is 1.42 bits per heavy atom. The lowest BCUT2D eigenvalue weighted by Crippen LogP contribution is -2.37. The number of carboxylic acids is 1. The molecule has 1 aromatic rings. The van der Waals surface area contributed by atoms with Crippen molar-refractivity contribution < 1.29 is 19.4 Å². The molecule has 2 atom stereocenters. The van der Waals surface area contributed by atoms with Gasteiger partial charge in [0.1, 0.15) is 0 Å². The van der Waals surface area contributed by atoms with Crippen molar-refractivity contribution in [3.63, 3.8) is 0 Å². The highest BCUT2D eigenvalue weighted by molar-refractivity contribution is 5.95. The van der Waals surface area contributed by atoms with Gasteiger partial charge in [-0.15, -0.1) is 0 Å². The lowest BCUT2D eigenvalue weighted by molar-refractivity contribution is -0.137. The van der Waals surface area contributed by atoms with Gasteiger partial charge in [0.05, 0.1) is 12.5 Å². The predicted molar refractivity (Wildman–Crippen MR) is 88.1 cm³/mol. The van der Waals surface area contributed by atoms with Gasteiger partial charge >= 0.3 is 5.97 Å². The van der Waals surface area contributed by atoms with E-state index in [4.69, 9.17) is 9.84 Å². The average molecular weight is 336 g/mol. The minimum absolute atomic E-state index is 0.131. The summed E-state index contributed by atoms with van der Waals surface area (Å²) >= 11 is 0. The van der Waals surface area contributed by atoms with E-state index < -0.39 is 12.0 Å². The highest BCUT2D eigenvalue weighted by Crippen LogP contribution is 2.24. The maximum Gasteiger partial charge on any atom is 0.305 e. The number of aliphatic carboxylic acids is 1. The Bertz CT molecular complexity index is 667. The number of hydrogen-bond donors (Lipinski definition) is 2. The van der Waals surface area contributed by atoms with Crippen LogP contribution in [0.3, 0.4) is 0 Å². The molecule has 2 heterocycles. The number of carbonyl (C=O) groups excluding carboxylic acids is 1. The Hall–Kier alpha value is -2.15. The molecule has 1 saturated heterocycles. The molecule has 2 N–H and O–H groups in total. The molecule has 0 spiro atoms. The first-order valence-electron chi connectivity index (χ1n) is 8.09. The maximum absolute atomic E-state index is 12.8. The van der Waals surface area contributed by atoms with E-state index in [0.717, 1.165) is 0 Å². The van der Waals surface area contributed by atoms with Gasteiger partial charge in [0.25, 0.3) is 5.91 Å². The summed E-state index contributed by atoms with van der Waals surface area (Å²) in [6.45, 7) is 4.39. The summed E-state index contributed by atoms with van der Waals surface area (Å²) in [5.41, 5.74) is 0.674. The van der Waals surface area contributed by atoms with Crippen molar-refractivity contribution in [3.8, 4) is 0 Å². The van der Waals surface area contributed by atoms with Gasteiger partial charge in [0.2, 0.25) is 5.56 Å². The third kappa shape index (κ3) is 4.44. The van der Waals surface area contributed by atoms with Crippen molar-refractivity contribution in [3.05, 3.63) is 33.7 Å². The smallest absolute Gasteiger partial charge is 0.305 e. The van der Waals surface area contributed by atoms with Crippen LogP contribution in [0.2, 0.25) is 0 Å². The Morgan fingerprint density at radius 3 is 2.71 bits per heavy atom. The van der Waals surface area contributed by atoms with Crippen molar-refractivity contribution in [2.24, 2.45) is 5.92 Å². The first kappa shape index (κ1) is 18.2. The number of ether oxygens (including phenoxy) is 1. The summed E-state index contributed by atoms with van der Waals surface area (Å²) in [4.78, 5) is 40.0. The number of aromatic amines is 1. The molecule has 0 aromatic carbocycles. The van der Waals surface area contributed by atoms with E-state index in [-0.39, 0.29) is 24.0 Å². The number of aromatic nitrogens is 1. The molecule has 0 bridgehead atoms. The highest BCUT2D eigenvalue weighted by Gasteiger charge is 2.37. The largest absolute Gasteiger partial charge is 0.481 e. The summed E-state index contributed by atoms with van der Waals surface area (Å²) in [7, 11) is 1.55. The Labute approximate surface area is 140 Å². The van der Waals surface area contributed by atoms with Crippen LogP contribution in [0.5, 0.6) is 0 Å². The number of H-pyrrole nitrogens is 1. The zero-order valence-electron chi connectivity index (χ0n) is 14.2. The minimum atomic E-state index is -0.957. The average Bonchev–Trinajstić information content (AvgIpc) is 2.87. The second-order valence-corrected chi connectivity index (χ2v) is 6.66. The number of likely N-dealkylation sites (tertiary alicyclic amines) is 1. The third-order valence-corrected chi connectivity index (χ3v) is 4.16. The van der Waals surface area contributed by atoms with Crippen LogP contribution < -0.4 is 5.56 Å². The molecule has 2 unspecified atom stereocenters. The molecule has 1 fully saturated rings. The number of carbonyl (C=O) groups is 2. The van der Waals surface area contributed by atoms with Crippen LogP contribution in [-0.2, 0) is 16.0 Å². The fraction of sp³-hybridized carbons (Fsp3) is 0.588. The highest BCUT2D eigenvalue weighted by atomic mass is 16.5. The van der Waals surface area contributed by atoms with E-state index in [2.05, 4.69) is 4.98 Å². The summed E-state index contributed by atoms with van der Waals surface area (Å²) in [5.74, 6) is -0.937. The fourth-order valence-electron chi connectivity index (χ4n) is 3.13. The molecule has 0 saturated carbocycles. The van der Waals surface area contributed by atoms with Gasteiger partial charge in [-0.25, -0.2) is 0 Å². The van der Waals surface area contributed by atoms with Crippen molar-refractivity contribution in [2.75, 3.05) is 13.7 Å². The van der Waals surface area contributed by atoms with Crippen LogP contribution in [0.15, 0.2) is 16.9 Å². The normalized spacial score (nSPS) is 20.6.